The Morgan fingerprint density at radius 3 is 2.68 bits per heavy atom. The maximum atomic E-state index is 13.3. The van der Waals surface area contributed by atoms with E-state index >= 15 is 0 Å². The molecule has 11 nitrogen and oxygen atoms in total. The molecule has 4 amide bonds. The smallest absolute Gasteiger partial charge is 0.315 e. The molecule has 1 aromatic rings. The zero-order chi connectivity index (χ0) is 22.5. The third kappa shape index (κ3) is 6.17. The van der Waals surface area contributed by atoms with Gasteiger partial charge in [-0.25, -0.2) is 4.79 Å². The molecular formula is C20H33N7O4. The van der Waals surface area contributed by atoms with Crippen LogP contribution >= 0.6 is 0 Å². The number of aryl methyl sites for hydroxylation is 1. The van der Waals surface area contributed by atoms with Crippen molar-refractivity contribution in [3.63, 3.8) is 0 Å². The van der Waals surface area contributed by atoms with Crippen molar-refractivity contribution >= 4 is 17.8 Å². The quantitative estimate of drug-likeness (QED) is 0.508. The van der Waals surface area contributed by atoms with E-state index in [-0.39, 0.29) is 42.6 Å². The number of rotatable bonds is 7. The van der Waals surface area contributed by atoms with Crippen molar-refractivity contribution < 1.29 is 19.1 Å². The molecule has 0 bridgehead atoms. The number of carbonyl (C=O) groups is 3. The number of ether oxygens (including phenoxy) is 1. The van der Waals surface area contributed by atoms with Crippen LogP contribution in [0.15, 0.2) is 12.3 Å². The number of aromatic nitrogens is 2. The lowest BCUT2D eigenvalue weighted by molar-refractivity contribution is -0.137. The summed E-state index contributed by atoms with van der Waals surface area (Å²) in [6.45, 7) is 5.71. The van der Waals surface area contributed by atoms with Gasteiger partial charge in [-0.2, -0.15) is 5.10 Å². The molecular weight excluding hydrogens is 402 g/mol. The predicted molar refractivity (Wildman–Crippen MR) is 113 cm³/mol. The highest BCUT2D eigenvalue weighted by molar-refractivity contribution is 5.89. The second-order valence-electron chi connectivity index (χ2n) is 8.58. The Labute approximate surface area is 182 Å². The fourth-order valence-corrected chi connectivity index (χ4v) is 4.24. The summed E-state index contributed by atoms with van der Waals surface area (Å²) in [6.07, 6.45) is 2.54. The first-order chi connectivity index (χ1) is 14.7. The van der Waals surface area contributed by atoms with E-state index in [0.29, 0.717) is 32.6 Å². The summed E-state index contributed by atoms with van der Waals surface area (Å²) < 4.78 is 6.64. The molecule has 0 aliphatic carbocycles. The van der Waals surface area contributed by atoms with Gasteiger partial charge in [-0.05, 0) is 26.3 Å². The zero-order valence-corrected chi connectivity index (χ0v) is 18.6. The third-order valence-electron chi connectivity index (χ3n) is 5.43. The highest BCUT2D eigenvalue weighted by Gasteiger charge is 2.43. The molecule has 0 saturated carbocycles. The third-order valence-corrected chi connectivity index (χ3v) is 5.43. The molecule has 0 unspecified atom stereocenters. The van der Waals surface area contributed by atoms with E-state index in [1.807, 2.05) is 33.2 Å². The molecule has 2 aliphatic heterocycles. The summed E-state index contributed by atoms with van der Waals surface area (Å²) in [6, 6.07) is 0.865. The lowest BCUT2D eigenvalue weighted by Crippen LogP contribution is -2.52. The van der Waals surface area contributed by atoms with E-state index in [1.165, 1.54) is 7.11 Å². The largest absolute Gasteiger partial charge is 0.375 e. The van der Waals surface area contributed by atoms with Crippen molar-refractivity contribution in [2.24, 2.45) is 7.05 Å². The van der Waals surface area contributed by atoms with Crippen LogP contribution in [0.1, 0.15) is 26.0 Å². The van der Waals surface area contributed by atoms with Gasteiger partial charge in [0.1, 0.15) is 12.6 Å². The van der Waals surface area contributed by atoms with Gasteiger partial charge >= 0.3 is 6.03 Å². The molecule has 0 radical (unpaired) electrons. The van der Waals surface area contributed by atoms with Crippen LogP contribution in [0.2, 0.25) is 0 Å². The first-order valence-corrected chi connectivity index (χ1v) is 10.6. The van der Waals surface area contributed by atoms with E-state index in [0.717, 1.165) is 5.69 Å². The fourth-order valence-electron chi connectivity index (χ4n) is 4.24. The number of methoxy groups -OCH3 is 1. The molecule has 172 valence electrons. The van der Waals surface area contributed by atoms with Crippen molar-refractivity contribution in [1.29, 1.82) is 0 Å². The van der Waals surface area contributed by atoms with Gasteiger partial charge in [0.15, 0.2) is 0 Å². The van der Waals surface area contributed by atoms with Gasteiger partial charge in [0.2, 0.25) is 11.8 Å². The molecule has 3 N–H and O–H groups in total. The van der Waals surface area contributed by atoms with E-state index in [9.17, 15) is 14.4 Å². The molecule has 2 saturated heterocycles. The van der Waals surface area contributed by atoms with E-state index < -0.39 is 6.04 Å². The van der Waals surface area contributed by atoms with Crippen LogP contribution in [0.4, 0.5) is 4.79 Å². The lowest BCUT2D eigenvalue weighted by Gasteiger charge is -2.24. The maximum absolute atomic E-state index is 13.3. The first kappa shape index (κ1) is 23.0. The van der Waals surface area contributed by atoms with Crippen LogP contribution in [0.3, 0.4) is 0 Å². The summed E-state index contributed by atoms with van der Waals surface area (Å²) in [5.74, 6) is -0.464. The molecule has 11 heteroatoms. The minimum absolute atomic E-state index is 0.0306. The molecule has 0 aromatic carbocycles. The van der Waals surface area contributed by atoms with Crippen LogP contribution < -0.4 is 16.0 Å². The van der Waals surface area contributed by atoms with Gasteiger partial charge in [-0.3, -0.25) is 19.2 Å². The first-order valence-electron chi connectivity index (χ1n) is 10.6. The Bertz CT molecular complexity index is 796. The Morgan fingerprint density at radius 2 is 2.03 bits per heavy atom. The van der Waals surface area contributed by atoms with Gasteiger partial charge in [-0.1, -0.05) is 0 Å². The maximum Gasteiger partial charge on any atom is 0.315 e. The summed E-state index contributed by atoms with van der Waals surface area (Å²) >= 11 is 0. The number of hydrogen-bond acceptors (Lipinski definition) is 6. The molecule has 3 heterocycles. The zero-order valence-electron chi connectivity index (χ0n) is 18.6. The lowest BCUT2D eigenvalue weighted by atomic mass is 10.1. The molecule has 3 rings (SSSR count). The van der Waals surface area contributed by atoms with Crippen LogP contribution in [-0.4, -0.2) is 94.9 Å². The minimum Gasteiger partial charge on any atom is -0.375 e. The Balaban J connectivity index is 1.73. The number of hydrogen-bond donors (Lipinski definition) is 3. The molecule has 31 heavy (non-hydrogen) atoms. The predicted octanol–water partition coefficient (Wildman–Crippen LogP) is -0.956. The summed E-state index contributed by atoms with van der Waals surface area (Å²) in [5, 5.41) is 13.0. The average Bonchev–Trinajstić information content (AvgIpc) is 3.22. The second-order valence-corrected chi connectivity index (χ2v) is 8.58. The molecule has 2 aliphatic rings. The SMILES string of the molecule is COCC(=O)N[C@H]1CN(Cc2ccn(C)n2)C[C@@H]2C[C@H](NC(=O)NC(C)C)CN2C1=O. The van der Waals surface area contributed by atoms with Gasteiger partial charge in [0, 0.05) is 58.6 Å². The van der Waals surface area contributed by atoms with Gasteiger partial charge in [0.05, 0.1) is 11.7 Å². The number of carbonyl (C=O) groups excluding carboxylic acids is 3. The van der Waals surface area contributed by atoms with Crippen molar-refractivity contribution in [3.05, 3.63) is 18.0 Å². The Kier molecular flexibility index (Phi) is 7.50. The highest BCUT2D eigenvalue weighted by Crippen LogP contribution is 2.24. The monoisotopic (exact) mass is 435 g/mol. The molecule has 0 spiro atoms. The minimum atomic E-state index is -0.681. The van der Waals surface area contributed by atoms with Gasteiger partial charge in [-0.15, -0.1) is 0 Å². The van der Waals surface area contributed by atoms with Crippen LogP contribution in [-0.2, 0) is 27.9 Å². The summed E-state index contributed by atoms with van der Waals surface area (Å²) in [7, 11) is 3.30. The van der Waals surface area contributed by atoms with E-state index in [1.54, 1.807) is 9.58 Å². The number of nitrogens with one attached hydrogen (secondary N) is 3. The van der Waals surface area contributed by atoms with E-state index in [2.05, 4.69) is 25.9 Å². The standard InChI is InChI=1S/C20H33N7O4/c1-13(2)21-20(30)22-15-7-16-10-26(8-14-5-6-25(3)24-14)11-17(19(29)27(16)9-15)23-18(28)12-31-4/h5-6,13,15-17H,7-12H2,1-4H3,(H,23,28)(H2,21,22,30)/t15-,16-,17-/m0/s1. The van der Waals surface area contributed by atoms with Gasteiger partial charge < -0.3 is 25.6 Å². The second kappa shape index (κ2) is 10.1. The Morgan fingerprint density at radius 1 is 1.26 bits per heavy atom. The molecule has 2 fully saturated rings. The fraction of sp³-hybridized carbons (Fsp3) is 0.700. The summed E-state index contributed by atoms with van der Waals surface area (Å²) in [4.78, 5) is 41.5. The molecule has 3 atom stereocenters. The van der Waals surface area contributed by atoms with Crippen LogP contribution in [0.25, 0.3) is 0 Å². The van der Waals surface area contributed by atoms with Crippen LogP contribution in [0.5, 0.6) is 0 Å². The number of fused-ring (bicyclic) bond motifs is 1. The highest BCUT2D eigenvalue weighted by atomic mass is 16.5. The van der Waals surface area contributed by atoms with Crippen molar-refractivity contribution in [2.45, 2.75) is 51.0 Å². The van der Waals surface area contributed by atoms with Crippen molar-refractivity contribution in [2.75, 3.05) is 33.4 Å². The number of nitrogens with zero attached hydrogens (tertiary/aromatic N) is 4. The number of urea groups is 1. The normalized spacial score (nSPS) is 24.1. The van der Waals surface area contributed by atoms with Crippen molar-refractivity contribution in [3.8, 4) is 0 Å². The molecule has 1 aromatic heterocycles. The summed E-state index contributed by atoms with van der Waals surface area (Å²) in [5.41, 5.74) is 0.898. The van der Waals surface area contributed by atoms with Crippen LogP contribution in [0, 0.1) is 0 Å². The topological polar surface area (TPSA) is 121 Å². The van der Waals surface area contributed by atoms with Crippen molar-refractivity contribution in [1.82, 2.24) is 35.5 Å². The van der Waals surface area contributed by atoms with E-state index in [4.69, 9.17) is 4.74 Å². The number of amides is 4. The Hall–Kier alpha value is -2.66. The average molecular weight is 436 g/mol. The van der Waals surface area contributed by atoms with Gasteiger partial charge in [0.25, 0.3) is 0 Å².